The molecule has 0 bridgehead atoms. The number of carbonyl (C=O) groups is 2. The average Bonchev–Trinajstić information content (AvgIpc) is 2.56. The highest BCUT2D eigenvalue weighted by Gasteiger charge is 2.13. The van der Waals surface area contributed by atoms with E-state index in [0.717, 1.165) is 0 Å². The van der Waals surface area contributed by atoms with Crippen molar-refractivity contribution >= 4 is 81.5 Å². The molecule has 2 rings (SSSR count). The summed E-state index contributed by atoms with van der Waals surface area (Å²) in [5.74, 6) is -1.99. The Bertz CT molecular complexity index is 768. The van der Waals surface area contributed by atoms with Gasteiger partial charge >= 0.3 is 11.9 Å². The topological polar surface area (TPSA) is 74.6 Å². The number of carboxylic acid groups (broad SMARTS) is 2. The van der Waals surface area contributed by atoms with Crippen LogP contribution in [0.1, 0.15) is 11.1 Å². The number of aliphatic carboxylic acids is 2. The Balaban J connectivity index is 0.000000260. The second-order valence-electron chi connectivity index (χ2n) is 4.78. The van der Waals surface area contributed by atoms with Crippen LogP contribution < -0.4 is 0 Å². The number of rotatable bonds is 4. The molecule has 0 saturated carbocycles. The first-order valence-corrected chi connectivity index (χ1v) is 8.99. The quantitative estimate of drug-likeness (QED) is 0.489. The van der Waals surface area contributed by atoms with E-state index < -0.39 is 11.9 Å². The first-order valence-electron chi connectivity index (χ1n) is 6.72. The highest BCUT2D eigenvalue weighted by atomic mass is 35.5. The number of hydrogen-bond donors (Lipinski definition) is 2. The average molecular weight is 479 g/mol. The third-order valence-electron chi connectivity index (χ3n) is 2.93. The molecule has 2 aromatic rings. The molecule has 4 nitrogen and oxygen atoms in total. The van der Waals surface area contributed by atoms with Crippen molar-refractivity contribution in [1.29, 1.82) is 0 Å². The molecule has 2 aromatic carbocycles. The molecule has 0 spiro atoms. The zero-order chi connectivity index (χ0) is 20.0. The van der Waals surface area contributed by atoms with E-state index in [1.54, 1.807) is 0 Å². The predicted octanol–water partition coefficient (Wildman–Crippen LogP) is 6.55. The molecule has 0 aliphatic rings. The standard InChI is InChI=1S/2C8H5Cl3O2/c2*9-5-1-2-6(10)8(11)4(5)3-7(12)13/h2*1-2H,3H2,(H,12,13). The van der Waals surface area contributed by atoms with E-state index in [1.807, 2.05) is 0 Å². The van der Waals surface area contributed by atoms with Gasteiger partial charge in [-0.1, -0.05) is 69.6 Å². The van der Waals surface area contributed by atoms with Crippen LogP contribution in [0.2, 0.25) is 30.1 Å². The van der Waals surface area contributed by atoms with Crippen molar-refractivity contribution in [2.24, 2.45) is 0 Å². The molecule has 0 fully saturated rings. The van der Waals surface area contributed by atoms with Gasteiger partial charge in [-0.2, -0.15) is 0 Å². The van der Waals surface area contributed by atoms with Gasteiger partial charge in [-0.3, -0.25) is 9.59 Å². The smallest absolute Gasteiger partial charge is 0.307 e. The van der Waals surface area contributed by atoms with Crippen molar-refractivity contribution in [2.45, 2.75) is 12.8 Å². The van der Waals surface area contributed by atoms with Crippen LogP contribution in [0.5, 0.6) is 0 Å². The summed E-state index contributed by atoms with van der Waals surface area (Å²) in [6.45, 7) is 0. The van der Waals surface area contributed by atoms with E-state index >= 15 is 0 Å². The second-order valence-corrected chi connectivity index (χ2v) is 7.17. The Kier molecular flexibility index (Phi) is 9.31. The maximum atomic E-state index is 10.4. The fourth-order valence-electron chi connectivity index (χ4n) is 1.76. The number of hydrogen-bond acceptors (Lipinski definition) is 2. The van der Waals surface area contributed by atoms with Gasteiger partial charge < -0.3 is 10.2 Å². The minimum atomic E-state index is -0.994. The Morgan fingerprint density at radius 3 is 1.15 bits per heavy atom. The van der Waals surface area contributed by atoms with Gasteiger partial charge in [-0.05, 0) is 24.3 Å². The minimum Gasteiger partial charge on any atom is -0.481 e. The van der Waals surface area contributed by atoms with Crippen molar-refractivity contribution in [1.82, 2.24) is 0 Å². The van der Waals surface area contributed by atoms with Gasteiger partial charge in [0.05, 0.1) is 32.9 Å². The summed E-state index contributed by atoms with van der Waals surface area (Å²) in [5.41, 5.74) is 0.701. The Morgan fingerprint density at radius 2 is 0.885 bits per heavy atom. The largest absolute Gasteiger partial charge is 0.481 e. The van der Waals surface area contributed by atoms with Gasteiger partial charge in [-0.15, -0.1) is 0 Å². The van der Waals surface area contributed by atoms with Crippen LogP contribution in [-0.4, -0.2) is 22.2 Å². The van der Waals surface area contributed by atoms with Crippen LogP contribution in [0.4, 0.5) is 0 Å². The van der Waals surface area contributed by atoms with Gasteiger partial charge in [0.2, 0.25) is 0 Å². The highest BCUT2D eigenvalue weighted by Crippen LogP contribution is 2.32. The molecule has 0 unspecified atom stereocenters. The minimum absolute atomic E-state index is 0.205. The van der Waals surface area contributed by atoms with E-state index in [2.05, 4.69) is 0 Å². The molecule has 140 valence electrons. The molecule has 0 saturated heterocycles. The van der Waals surface area contributed by atoms with Crippen molar-refractivity contribution < 1.29 is 19.8 Å². The molecule has 0 aromatic heterocycles. The van der Waals surface area contributed by atoms with Crippen molar-refractivity contribution in [3.8, 4) is 0 Å². The fraction of sp³-hybridized carbons (Fsp3) is 0.125. The summed E-state index contributed by atoms with van der Waals surface area (Å²) in [6.07, 6.45) is -0.448. The lowest BCUT2D eigenvalue weighted by Gasteiger charge is -2.05. The molecule has 0 heterocycles. The van der Waals surface area contributed by atoms with Gasteiger partial charge in [0.1, 0.15) is 0 Å². The number of carboxylic acids is 2. The summed E-state index contributed by atoms with van der Waals surface area (Å²) in [4.78, 5) is 20.8. The van der Waals surface area contributed by atoms with Gasteiger partial charge in [0.25, 0.3) is 0 Å². The van der Waals surface area contributed by atoms with Crippen LogP contribution in [0.15, 0.2) is 24.3 Å². The van der Waals surface area contributed by atoms with Crippen molar-refractivity contribution in [3.63, 3.8) is 0 Å². The SMILES string of the molecule is O=C(O)Cc1c(Cl)ccc(Cl)c1Cl.O=C(O)Cc1c(Cl)ccc(Cl)c1Cl. The van der Waals surface area contributed by atoms with Crippen LogP contribution in [0.25, 0.3) is 0 Å². The van der Waals surface area contributed by atoms with Crippen molar-refractivity contribution in [3.05, 3.63) is 65.5 Å². The Labute approximate surface area is 179 Å². The molecule has 2 N–H and O–H groups in total. The Hall–Kier alpha value is -0.880. The molecule has 26 heavy (non-hydrogen) atoms. The van der Waals surface area contributed by atoms with E-state index in [1.165, 1.54) is 24.3 Å². The van der Waals surface area contributed by atoms with E-state index in [-0.39, 0.29) is 22.9 Å². The van der Waals surface area contributed by atoms with Crippen LogP contribution in [0.3, 0.4) is 0 Å². The summed E-state index contributed by atoms with van der Waals surface area (Å²) in [7, 11) is 0. The molecule has 0 radical (unpaired) electrons. The summed E-state index contributed by atoms with van der Waals surface area (Å²) < 4.78 is 0. The number of halogens is 6. The lowest BCUT2D eigenvalue weighted by Crippen LogP contribution is -2.01. The van der Waals surface area contributed by atoms with Gasteiger partial charge in [-0.25, -0.2) is 0 Å². The zero-order valence-electron chi connectivity index (χ0n) is 12.7. The molecular weight excluding hydrogens is 469 g/mol. The number of benzene rings is 2. The third-order valence-corrected chi connectivity index (χ3v) is 5.33. The molecule has 0 amide bonds. The molecule has 0 atom stereocenters. The highest BCUT2D eigenvalue weighted by molar-refractivity contribution is 6.44. The first kappa shape index (κ1) is 23.2. The summed E-state index contributed by atoms with van der Waals surface area (Å²) in [6, 6.07) is 6.09. The monoisotopic (exact) mass is 476 g/mol. The summed E-state index contributed by atoms with van der Waals surface area (Å²) in [5, 5.41) is 18.8. The first-order chi connectivity index (χ1) is 12.0. The Morgan fingerprint density at radius 1 is 0.615 bits per heavy atom. The lowest BCUT2D eigenvalue weighted by molar-refractivity contribution is -0.137. The van der Waals surface area contributed by atoms with Crippen LogP contribution >= 0.6 is 69.6 Å². The van der Waals surface area contributed by atoms with Crippen LogP contribution in [-0.2, 0) is 22.4 Å². The molecule has 10 heteroatoms. The molecule has 0 aliphatic heterocycles. The zero-order valence-corrected chi connectivity index (χ0v) is 17.2. The molecular formula is C16H10Cl6O4. The van der Waals surface area contributed by atoms with Gasteiger partial charge in [0.15, 0.2) is 0 Å². The van der Waals surface area contributed by atoms with E-state index in [4.69, 9.17) is 79.8 Å². The molecule has 0 aliphatic carbocycles. The second kappa shape index (κ2) is 10.5. The van der Waals surface area contributed by atoms with E-state index in [0.29, 0.717) is 31.2 Å². The van der Waals surface area contributed by atoms with Gasteiger partial charge in [0, 0.05) is 21.2 Å². The van der Waals surface area contributed by atoms with Crippen LogP contribution in [0, 0.1) is 0 Å². The predicted molar refractivity (Wildman–Crippen MR) is 106 cm³/mol. The van der Waals surface area contributed by atoms with E-state index in [9.17, 15) is 9.59 Å². The fourth-order valence-corrected chi connectivity index (χ4v) is 3.13. The summed E-state index contributed by atoms with van der Waals surface area (Å²) >= 11 is 34.4. The lowest BCUT2D eigenvalue weighted by atomic mass is 10.1. The maximum Gasteiger partial charge on any atom is 0.307 e. The third kappa shape index (κ3) is 6.69. The maximum absolute atomic E-state index is 10.4. The van der Waals surface area contributed by atoms with Crippen molar-refractivity contribution in [2.75, 3.05) is 0 Å². The normalized spacial score (nSPS) is 10.1.